The van der Waals surface area contributed by atoms with Gasteiger partial charge in [0.25, 0.3) is 0 Å². The van der Waals surface area contributed by atoms with Crippen LogP contribution in [0.25, 0.3) is 0 Å². The number of aliphatic hydroxyl groups excluding tert-OH is 1. The fourth-order valence-corrected chi connectivity index (χ4v) is 1.63. The molecule has 0 aliphatic carbocycles. The highest BCUT2D eigenvalue weighted by atomic mass is 79.9. The van der Waals surface area contributed by atoms with Crippen molar-refractivity contribution in [2.45, 2.75) is 6.10 Å². The van der Waals surface area contributed by atoms with Gasteiger partial charge in [-0.25, -0.2) is 0 Å². The van der Waals surface area contributed by atoms with Crippen LogP contribution in [0.4, 0.5) is 0 Å². The van der Waals surface area contributed by atoms with Crippen LogP contribution in [0.3, 0.4) is 0 Å². The molecule has 0 fully saturated rings. The van der Waals surface area contributed by atoms with Gasteiger partial charge in [0.1, 0.15) is 0 Å². The van der Waals surface area contributed by atoms with Crippen molar-refractivity contribution in [2.75, 3.05) is 5.33 Å². The minimum Gasteiger partial charge on any atom is -0.387 e. The second-order valence-corrected chi connectivity index (χ2v) is 3.83. The highest BCUT2D eigenvalue weighted by Gasteiger charge is 2.09. The molecule has 66 valence electrons. The zero-order chi connectivity index (χ0) is 9.14. The van der Waals surface area contributed by atoms with Crippen molar-refractivity contribution in [1.29, 1.82) is 0 Å². The standard InChI is InChI=1S/C8H7BrCl2O/c9-4-8(12)6-3-5(10)1-2-7(6)11/h1-3,8,12H,4H2/t8-/m0/s1. The van der Waals surface area contributed by atoms with E-state index in [1.807, 2.05) is 0 Å². The van der Waals surface area contributed by atoms with E-state index in [9.17, 15) is 5.11 Å². The maximum atomic E-state index is 9.44. The molecule has 0 unspecified atom stereocenters. The number of hydrogen-bond donors (Lipinski definition) is 1. The summed E-state index contributed by atoms with van der Waals surface area (Å²) in [5, 5.41) is 11.0. The molecule has 0 bridgehead atoms. The average molecular weight is 270 g/mol. The first-order valence-corrected chi connectivity index (χ1v) is 5.22. The number of halogens is 3. The fraction of sp³-hybridized carbons (Fsp3) is 0.250. The van der Waals surface area contributed by atoms with E-state index in [1.165, 1.54) is 0 Å². The summed E-state index contributed by atoms with van der Waals surface area (Å²) in [6.45, 7) is 0. The van der Waals surface area contributed by atoms with E-state index in [0.29, 0.717) is 20.9 Å². The van der Waals surface area contributed by atoms with Crippen LogP contribution in [-0.2, 0) is 0 Å². The van der Waals surface area contributed by atoms with Crippen LogP contribution in [0.2, 0.25) is 10.0 Å². The van der Waals surface area contributed by atoms with Gasteiger partial charge < -0.3 is 5.11 Å². The third kappa shape index (κ3) is 2.36. The molecular formula is C8H7BrCl2O. The number of benzene rings is 1. The van der Waals surface area contributed by atoms with Gasteiger partial charge >= 0.3 is 0 Å². The van der Waals surface area contributed by atoms with E-state index in [1.54, 1.807) is 18.2 Å². The summed E-state index contributed by atoms with van der Waals surface area (Å²) >= 11 is 14.7. The summed E-state index contributed by atoms with van der Waals surface area (Å²) in [5.74, 6) is 0. The van der Waals surface area contributed by atoms with Gasteiger partial charge in [0.15, 0.2) is 0 Å². The predicted octanol–water partition coefficient (Wildman–Crippen LogP) is 3.42. The first kappa shape index (κ1) is 10.3. The summed E-state index contributed by atoms with van der Waals surface area (Å²) in [6, 6.07) is 5.02. The highest BCUT2D eigenvalue weighted by Crippen LogP contribution is 2.27. The highest BCUT2D eigenvalue weighted by molar-refractivity contribution is 9.09. The van der Waals surface area contributed by atoms with Crippen LogP contribution in [0, 0.1) is 0 Å². The molecule has 0 spiro atoms. The monoisotopic (exact) mass is 268 g/mol. The molecule has 1 atom stereocenters. The number of aliphatic hydroxyl groups is 1. The van der Waals surface area contributed by atoms with E-state index in [-0.39, 0.29) is 0 Å². The number of alkyl halides is 1. The second kappa shape index (κ2) is 4.47. The maximum absolute atomic E-state index is 9.44. The van der Waals surface area contributed by atoms with Gasteiger partial charge in [0.05, 0.1) is 6.10 Å². The third-order valence-corrected chi connectivity index (χ3v) is 2.66. The predicted molar refractivity (Wildman–Crippen MR) is 55.2 cm³/mol. The molecule has 0 saturated heterocycles. The Bertz CT molecular complexity index is 278. The van der Waals surface area contributed by atoms with Crippen LogP contribution >= 0.6 is 39.1 Å². The summed E-state index contributed by atoms with van der Waals surface area (Å²) < 4.78 is 0. The van der Waals surface area contributed by atoms with Gasteiger partial charge in [-0.15, -0.1) is 0 Å². The molecule has 1 nitrogen and oxygen atoms in total. The maximum Gasteiger partial charge on any atom is 0.0901 e. The molecule has 0 aliphatic rings. The van der Waals surface area contributed by atoms with Gasteiger partial charge in [0, 0.05) is 20.9 Å². The Balaban J connectivity index is 3.04. The molecular weight excluding hydrogens is 263 g/mol. The molecule has 1 N–H and O–H groups in total. The first-order valence-electron chi connectivity index (χ1n) is 3.34. The topological polar surface area (TPSA) is 20.2 Å². The summed E-state index contributed by atoms with van der Waals surface area (Å²) in [4.78, 5) is 0. The Labute approximate surface area is 89.4 Å². The van der Waals surface area contributed by atoms with Crippen molar-refractivity contribution < 1.29 is 5.11 Å². The molecule has 0 heterocycles. The molecule has 0 saturated carbocycles. The van der Waals surface area contributed by atoms with E-state index in [0.717, 1.165) is 0 Å². The molecule has 4 heteroatoms. The molecule has 12 heavy (non-hydrogen) atoms. The van der Waals surface area contributed by atoms with Gasteiger partial charge in [0.2, 0.25) is 0 Å². The number of rotatable bonds is 2. The van der Waals surface area contributed by atoms with Crippen molar-refractivity contribution in [3.8, 4) is 0 Å². The quantitative estimate of drug-likeness (QED) is 0.816. The van der Waals surface area contributed by atoms with Crippen molar-refractivity contribution in [3.63, 3.8) is 0 Å². The lowest BCUT2D eigenvalue weighted by Crippen LogP contribution is -1.98. The molecule has 0 radical (unpaired) electrons. The normalized spacial score (nSPS) is 13.0. The van der Waals surface area contributed by atoms with Crippen molar-refractivity contribution >= 4 is 39.1 Å². The van der Waals surface area contributed by atoms with Crippen molar-refractivity contribution in [3.05, 3.63) is 33.8 Å². The first-order chi connectivity index (χ1) is 5.65. The minimum absolute atomic E-state index is 0.451. The van der Waals surface area contributed by atoms with E-state index >= 15 is 0 Å². The van der Waals surface area contributed by atoms with Crippen molar-refractivity contribution in [2.24, 2.45) is 0 Å². The lowest BCUT2D eigenvalue weighted by molar-refractivity contribution is 0.205. The molecule has 1 rings (SSSR count). The van der Waals surface area contributed by atoms with Crippen LogP contribution in [0.15, 0.2) is 18.2 Å². The van der Waals surface area contributed by atoms with Crippen LogP contribution < -0.4 is 0 Å². The number of hydrogen-bond acceptors (Lipinski definition) is 1. The summed E-state index contributed by atoms with van der Waals surface area (Å²) in [5.41, 5.74) is 0.654. The Hall–Kier alpha value is 0.240. The van der Waals surface area contributed by atoms with Gasteiger partial charge in [-0.1, -0.05) is 39.1 Å². The average Bonchev–Trinajstić information content (AvgIpc) is 2.08. The van der Waals surface area contributed by atoms with Crippen LogP contribution in [-0.4, -0.2) is 10.4 Å². The van der Waals surface area contributed by atoms with E-state index < -0.39 is 6.10 Å². The Morgan fingerprint density at radius 2 is 2.08 bits per heavy atom. The molecule has 0 aromatic heterocycles. The fourth-order valence-electron chi connectivity index (χ4n) is 0.853. The zero-order valence-corrected chi connectivity index (χ0v) is 9.20. The van der Waals surface area contributed by atoms with E-state index in [2.05, 4.69) is 15.9 Å². The Kier molecular flexibility index (Phi) is 3.84. The van der Waals surface area contributed by atoms with Crippen molar-refractivity contribution in [1.82, 2.24) is 0 Å². The summed E-state index contributed by atoms with van der Waals surface area (Å²) in [6.07, 6.45) is -0.601. The second-order valence-electron chi connectivity index (χ2n) is 2.34. The molecule has 1 aromatic rings. The largest absolute Gasteiger partial charge is 0.387 e. The Morgan fingerprint density at radius 3 is 2.67 bits per heavy atom. The lowest BCUT2D eigenvalue weighted by atomic mass is 10.1. The van der Waals surface area contributed by atoms with E-state index in [4.69, 9.17) is 23.2 Å². The zero-order valence-electron chi connectivity index (χ0n) is 6.10. The lowest BCUT2D eigenvalue weighted by Gasteiger charge is -2.09. The molecule has 0 amide bonds. The van der Waals surface area contributed by atoms with Crippen LogP contribution in [0.1, 0.15) is 11.7 Å². The van der Waals surface area contributed by atoms with Gasteiger partial charge in [-0.3, -0.25) is 0 Å². The minimum atomic E-state index is -0.601. The third-order valence-electron chi connectivity index (χ3n) is 1.46. The van der Waals surface area contributed by atoms with Gasteiger partial charge in [-0.2, -0.15) is 0 Å². The SMILES string of the molecule is O[C@@H](CBr)c1cc(Cl)ccc1Cl. The molecule has 1 aromatic carbocycles. The Morgan fingerprint density at radius 1 is 1.42 bits per heavy atom. The van der Waals surface area contributed by atoms with Gasteiger partial charge in [-0.05, 0) is 18.2 Å². The van der Waals surface area contributed by atoms with Crippen LogP contribution in [0.5, 0.6) is 0 Å². The summed E-state index contributed by atoms with van der Waals surface area (Å²) in [7, 11) is 0. The smallest absolute Gasteiger partial charge is 0.0901 e. The molecule has 0 aliphatic heterocycles.